The number of hydrogen-bond acceptors (Lipinski definition) is 3. The Bertz CT molecular complexity index is 532. The maximum atomic E-state index is 4.52. The normalized spacial score (nSPS) is 16.0. The van der Waals surface area contributed by atoms with Crippen LogP contribution in [0.3, 0.4) is 0 Å². The van der Waals surface area contributed by atoms with Crippen LogP contribution in [0.1, 0.15) is 38.5 Å². The third-order valence-electron chi connectivity index (χ3n) is 4.04. The van der Waals surface area contributed by atoms with E-state index in [0.717, 1.165) is 29.3 Å². The Hall–Kier alpha value is -1.64. The molecule has 0 bridgehead atoms. The number of anilines is 1. The van der Waals surface area contributed by atoms with E-state index in [9.17, 15) is 0 Å². The zero-order valence-corrected chi connectivity index (χ0v) is 11.3. The summed E-state index contributed by atoms with van der Waals surface area (Å²) in [6.07, 6.45) is 10.2. The van der Waals surface area contributed by atoms with E-state index < -0.39 is 0 Å². The van der Waals surface area contributed by atoms with Crippen molar-refractivity contribution in [3.05, 3.63) is 30.5 Å². The lowest BCUT2D eigenvalue weighted by Crippen LogP contribution is -2.07. The van der Waals surface area contributed by atoms with Crippen LogP contribution in [0.5, 0.6) is 0 Å². The Balaban J connectivity index is 1.50. The molecular formula is C16H21N3. The van der Waals surface area contributed by atoms with E-state index >= 15 is 0 Å². The predicted octanol–water partition coefficient (Wildman–Crippen LogP) is 4.01. The fourth-order valence-electron chi connectivity index (χ4n) is 2.95. The number of para-hydroxylation sites is 1. The summed E-state index contributed by atoms with van der Waals surface area (Å²) in [6.45, 7) is 0.981. The standard InChI is InChI=1S/C16H21N3/c1-2-7-13(6-1)8-5-11-17-16-18-12-14-9-3-4-10-15(14)19-16/h3-4,9-10,12-13H,1-2,5-8,11H2,(H,17,18,19). The molecule has 2 aromatic rings. The number of nitrogens with zero attached hydrogens (tertiary/aromatic N) is 2. The van der Waals surface area contributed by atoms with Gasteiger partial charge in [0, 0.05) is 18.1 Å². The van der Waals surface area contributed by atoms with Gasteiger partial charge in [0.1, 0.15) is 0 Å². The van der Waals surface area contributed by atoms with Crippen LogP contribution in [-0.4, -0.2) is 16.5 Å². The highest BCUT2D eigenvalue weighted by atomic mass is 15.1. The summed E-state index contributed by atoms with van der Waals surface area (Å²) < 4.78 is 0. The molecule has 0 spiro atoms. The van der Waals surface area contributed by atoms with Crippen LogP contribution in [-0.2, 0) is 0 Å². The number of aromatic nitrogens is 2. The van der Waals surface area contributed by atoms with Gasteiger partial charge in [-0.05, 0) is 24.8 Å². The fraction of sp³-hybridized carbons (Fsp3) is 0.500. The lowest BCUT2D eigenvalue weighted by molar-refractivity contribution is 0.491. The van der Waals surface area contributed by atoms with Crippen molar-refractivity contribution in [2.45, 2.75) is 38.5 Å². The van der Waals surface area contributed by atoms with E-state index in [1.807, 2.05) is 30.5 Å². The zero-order chi connectivity index (χ0) is 12.9. The molecule has 0 unspecified atom stereocenters. The van der Waals surface area contributed by atoms with Crippen LogP contribution in [0.4, 0.5) is 5.95 Å². The number of rotatable bonds is 5. The van der Waals surface area contributed by atoms with Crippen molar-refractivity contribution in [1.29, 1.82) is 0 Å². The summed E-state index contributed by atoms with van der Waals surface area (Å²) in [6, 6.07) is 8.10. The van der Waals surface area contributed by atoms with E-state index in [1.54, 1.807) is 0 Å². The van der Waals surface area contributed by atoms with Crippen LogP contribution in [0.15, 0.2) is 30.5 Å². The second kappa shape index (κ2) is 6.00. The van der Waals surface area contributed by atoms with Gasteiger partial charge in [0.05, 0.1) is 5.52 Å². The van der Waals surface area contributed by atoms with E-state index in [4.69, 9.17) is 0 Å². The first-order valence-electron chi connectivity index (χ1n) is 7.37. The SMILES string of the molecule is c1ccc2nc(NCCCC3CCCC3)ncc2c1. The molecule has 1 heterocycles. The number of nitrogens with one attached hydrogen (secondary N) is 1. The summed E-state index contributed by atoms with van der Waals surface area (Å²) in [5, 5.41) is 4.43. The van der Waals surface area contributed by atoms with Gasteiger partial charge in [-0.2, -0.15) is 0 Å². The summed E-state index contributed by atoms with van der Waals surface area (Å²) in [4.78, 5) is 8.88. The van der Waals surface area contributed by atoms with Crippen molar-refractivity contribution in [3.63, 3.8) is 0 Å². The van der Waals surface area contributed by atoms with E-state index in [0.29, 0.717) is 0 Å². The molecule has 1 aliphatic carbocycles. The molecule has 0 saturated heterocycles. The van der Waals surface area contributed by atoms with Gasteiger partial charge < -0.3 is 5.32 Å². The molecule has 1 aliphatic rings. The highest BCUT2D eigenvalue weighted by Crippen LogP contribution is 2.28. The van der Waals surface area contributed by atoms with Crippen LogP contribution < -0.4 is 5.32 Å². The molecule has 0 amide bonds. The molecule has 1 N–H and O–H groups in total. The zero-order valence-electron chi connectivity index (χ0n) is 11.3. The molecule has 0 aliphatic heterocycles. The third-order valence-corrected chi connectivity index (χ3v) is 4.04. The van der Waals surface area contributed by atoms with Gasteiger partial charge in [-0.1, -0.05) is 43.9 Å². The molecule has 3 heteroatoms. The maximum absolute atomic E-state index is 4.52. The summed E-state index contributed by atoms with van der Waals surface area (Å²) >= 11 is 0. The number of hydrogen-bond donors (Lipinski definition) is 1. The van der Waals surface area contributed by atoms with Crippen molar-refractivity contribution >= 4 is 16.9 Å². The average molecular weight is 255 g/mol. The monoisotopic (exact) mass is 255 g/mol. The first-order chi connectivity index (χ1) is 9.42. The number of benzene rings is 1. The van der Waals surface area contributed by atoms with Gasteiger partial charge in [0.15, 0.2) is 0 Å². The van der Waals surface area contributed by atoms with Gasteiger partial charge in [-0.15, -0.1) is 0 Å². The molecule has 100 valence electrons. The Morgan fingerprint density at radius 1 is 1.16 bits per heavy atom. The van der Waals surface area contributed by atoms with Crippen molar-refractivity contribution in [2.75, 3.05) is 11.9 Å². The van der Waals surface area contributed by atoms with Crippen molar-refractivity contribution in [2.24, 2.45) is 5.92 Å². The minimum absolute atomic E-state index is 0.755. The summed E-state index contributed by atoms with van der Waals surface area (Å²) in [7, 11) is 0. The van der Waals surface area contributed by atoms with Crippen molar-refractivity contribution in [1.82, 2.24) is 9.97 Å². The molecule has 1 saturated carbocycles. The predicted molar refractivity (Wildman–Crippen MR) is 79.2 cm³/mol. The Kier molecular flexibility index (Phi) is 3.92. The van der Waals surface area contributed by atoms with Crippen LogP contribution in [0.2, 0.25) is 0 Å². The quantitative estimate of drug-likeness (QED) is 0.820. The molecule has 0 radical (unpaired) electrons. The largest absolute Gasteiger partial charge is 0.354 e. The Morgan fingerprint density at radius 2 is 2.00 bits per heavy atom. The van der Waals surface area contributed by atoms with Crippen LogP contribution in [0, 0.1) is 5.92 Å². The highest BCUT2D eigenvalue weighted by molar-refractivity contribution is 5.78. The van der Waals surface area contributed by atoms with E-state index in [1.165, 1.54) is 38.5 Å². The van der Waals surface area contributed by atoms with Gasteiger partial charge in [0.25, 0.3) is 0 Å². The highest BCUT2D eigenvalue weighted by Gasteiger charge is 2.13. The van der Waals surface area contributed by atoms with E-state index in [2.05, 4.69) is 15.3 Å². The van der Waals surface area contributed by atoms with Crippen LogP contribution in [0.25, 0.3) is 10.9 Å². The fourth-order valence-corrected chi connectivity index (χ4v) is 2.95. The Morgan fingerprint density at radius 3 is 2.89 bits per heavy atom. The average Bonchev–Trinajstić information content (AvgIpc) is 2.97. The van der Waals surface area contributed by atoms with E-state index in [-0.39, 0.29) is 0 Å². The molecule has 1 aromatic carbocycles. The maximum Gasteiger partial charge on any atom is 0.223 e. The molecule has 1 aromatic heterocycles. The lowest BCUT2D eigenvalue weighted by atomic mass is 10.0. The van der Waals surface area contributed by atoms with Crippen LogP contribution >= 0.6 is 0 Å². The molecule has 0 atom stereocenters. The van der Waals surface area contributed by atoms with Gasteiger partial charge >= 0.3 is 0 Å². The summed E-state index contributed by atoms with van der Waals surface area (Å²) in [5.41, 5.74) is 1.01. The second-order valence-corrected chi connectivity index (χ2v) is 5.47. The summed E-state index contributed by atoms with van der Waals surface area (Å²) in [5.74, 6) is 1.73. The lowest BCUT2D eigenvalue weighted by Gasteiger charge is -2.09. The third kappa shape index (κ3) is 3.22. The van der Waals surface area contributed by atoms with Gasteiger partial charge in [0.2, 0.25) is 5.95 Å². The smallest absolute Gasteiger partial charge is 0.223 e. The molecular weight excluding hydrogens is 234 g/mol. The molecule has 3 nitrogen and oxygen atoms in total. The topological polar surface area (TPSA) is 37.8 Å². The van der Waals surface area contributed by atoms with Gasteiger partial charge in [-0.25, -0.2) is 9.97 Å². The molecule has 3 rings (SSSR count). The second-order valence-electron chi connectivity index (χ2n) is 5.47. The Labute approximate surface area is 114 Å². The molecule has 1 fully saturated rings. The minimum Gasteiger partial charge on any atom is -0.354 e. The van der Waals surface area contributed by atoms with Gasteiger partial charge in [-0.3, -0.25) is 0 Å². The van der Waals surface area contributed by atoms with Crippen molar-refractivity contribution in [3.8, 4) is 0 Å². The minimum atomic E-state index is 0.755. The molecule has 19 heavy (non-hydrogen) atoms. The van der Waals surface area contributed by atoms with Crippen molar-refractivity contribution < 1.29 is 0 Å². The first-order valence-corrected chi connectivity index (χ1v) is 7.37. The number of fused-ring (bicyclic) bond motifs is 1. The first kappa shape index (κ1) is 12.4.